The molecule has 0 atom stereocenters. The molecular formula is C14H11BrClNOS. The largest absolute Gasteiger partial charge is 0.488 e. The molecular weight excluding hydrogens is 346 g/mol. The molecule has 2 N–H and O–H groups in total. The quantitative estimate of drug-likeness (QED) is 0.829. The number of benzene rings is 2. The molecule has 0 aliphatic rings. The molecule has 0 bridgehead atoms. The Balaban J connectivity index is 2.20. The van der Waals surface area contributed by atoms with E-state index in [4.69, 9.17) is 34.3 Å². The summed E-state index contributed by atoms with van der Waals surface area (Å²) < 4.78 is 6.59. The van der Waals surface area contributed by atoms with Crippen LogP contribution < -0.4 is 10.5 Å². The van der Waals surface area contributed by atoms with Gasteiger partial charge in [0.2, 0.25) is 0 Å². The summed E-state index contributed by atoms with van der Waals surface area (Å²) in [6.07, 6.45) is 0. The lowest BCUT2D eigenvalue weighted by molar-refractivity contribution is 0.305. The zero-order valence-corrected chi connectivity index (χ0v) is 13.1. The number of hydrogen-bond acceptors (Lipinski definition) is 2. The fourth-order valence-corrected chi connectivity index (χ4v) is 2.77. The summed E-state index contributed by atoms with van der Waals surface area (Å²) in [5.41, 5.74) is 7.40. The van der Waals surface area contributed by atoms with Gasteiger partial charge in [-0.25, -0.2) is 0 Å². The Labute approximate surface area is 130 Å². The molecule has 19 heavy (non-hydrogen) atoms. The number of thiocarbonyl (C=S) groups is 1. The molecule has 0 saturated heterocycles. The summed E-state index contributed by atoms with van der Waals surface area (Å²) in [4.78, 5) is 0.300. The summed E-state index contributed by atoms with van der Waals surface area (Å²) in [5, 5.41) is 0.685. The Morgan fingerprint density at radius 3 is 2.68 bits per heavy atom. The molecule has 5 heteroatoms. The Kier molecular flexibility index (Phi) is 4.80. The third-order valence-electron chi connectivity index (χ3n) is 2.51. The summed E-state index contributed by atoms with van der Waals surface area (Å²) >= 11 is 14.4. The number of hydrogen-bond donors (Lipinski definition) is 1. The van der Waals surface area contributed by atoms with Crippen LogP contribution in [0.3, 0.4) is 0 Å². The third kappa shape index (κ3) is 3.69. The SMILES string of the molecule is NC(=S)c1c(Br)cccc1OCc1cccc(Cl)c1. The number of halogens is 2. The van der Waals surface area contributed by atoms with E-state index in [0.29, 0.717) is 27.9 Å². The van der Waals surface area contributed by atoms with Crippen molar-refractivity contribution < 1.29 is 4.74 Å². The fraction of sp³-hybridized carbons (Fsp3) is 0.0714. The van der Waals surface area contributed by atoms with Crippen molar-refractivity contribution in [3.8, 4) is 5.75 Å². The lowest BCUT2D eigenvalue weighted by Gasteiger charge is -2.12. The highest BCUT2D eigenvalue weighted by molar-refractivity contribution is 9.10. The predicted octanol–water partition coefficient (Wildman–Crippen LogP) is 4.32. The van der Waals surface area contributed by atoms with Crippen molar-refractivity contribution in [1.82, 2.24) is 0 Å². The Bertz CT molecular complexity index is 618. The summed E-state index contributed by atoms with van der Waals surface area (Å²) in [7, 11) is 0. The van der Waals surface area contributed by atoms with Crippen LogP contribution in [0.2, 0.25) is 5.02 Å². The van der Waals surface area contributed by atoms with E-state index in [1.165, 1.54) is 0 Å². The number of nitrogens with two attached hydrogens (primary N) is 1. The Hall–Kier alpha value is -1.10. The molecule has 0 aromatic heterocycles. The van der Waals surface area contributed by atoms with Crippen molar-refractivity contribution in [3.63, 3.8) is 0 Å². The molecule has 0 aliphatic heterocycles. The van der Waals surface area contributed by atoms with Crippen LogP contribution in [0.25, 0.3) is 0 Å². The molecule has 2 rings (SSSR count). The van der Waals surface area contributed by atoms with E-state index in [1.807, 2.05) is 42.5 Å². The van der Waals surface area contributed by atoms with E-state index in [2.05, 4.69) is 15.9 Å². The summed E-state index contributed by atoms with van der Waals surface area (Å²) in [5.74, 6) is 0.654. The lowest BCUT2D eigenvalue weighted by atomic mass is 10.2. The molecule has 0 aliphatic carbocycles. The van der Waals surface area contributed by atoms with Crippen LogP contribution in [-0.4, -0.2) is 4.99 Å². The minimum atomic E-state index is 0.300. The molecule has 0 radical (unpaired) electrons. The van der Waals surface area contributed by atoms with E-state index in [0.717, 1.165) is 10.0 Å². The summed E-state index contributed by atoms with van der Waals surface area (Å²) in [6.45, 7) is 0.409. The predicted molar refractivity (Wildman–Crippen MR) is 85.8 cm³/mol. The van der Waals surface area contributed by atoms with E-state index < -0.39 is 0 Å². The fourth-order valence-electron chi connectivity index (χ4n) is 1.65. The molecule has 2 aromatic rings. The van der Waals surface area contributed by atoms with Crippen LogP contribution >= 0.6 is 39.7 Å². The van der Waals surface area contributed by atoms with E-state index >= 15 is 0 Å². The smallest absolute Gasteiger partial charge is 0.131 e. The average Bonchev–Trinajstić information content (AvgIpc) is 2.36. The van der Waals surface area contributed by atoms with Gasteiger partial charge in [-0.05, 0) is 45.8 Å². The van der Waals surface area contributed by atoms with Gasteiger partial charge < -0.3 is 10.5 Å². The van der Waals surface area contributed by atoms with Crippen molar-refractivity contribution in [1.29, 1.82) is 0 Å². The van der Waals surface area contributed by atoms with Crippen LogP contribution in [0, 0.1) is 0 Å². The second-order valence-corrected chi connectivity index (χ2v) is 5.63. The first kappa shape index (κ1) is 14.3. The topological polar surface area (TPSA) is 35.2 Å². The van der Waals surface area contributed by atoms with Gasteiger partial charge in [-0.3, -0.25) is 0 Å². The third-order valence-corrected chi connectivity index (χ3v) is 3.61. The van der Waals surface area contributed by atoms with Gasteiger partial charge >= 0.3 is 0 Å². The maximum absolute atomic E-state index is 5.93. The highest BCUT2D eigenvalue weighted by Crippen LogP contribution is 2.27. The van der Waals surface area contributed by atoms with Gasteiger partial charge in [-0.1, -0.05) is 42.0 Å². The average molecular weight is 357 g/mol. The standard InChI is InChI=1S/C14H11BrClNOS/c15-11-5-2-6-12(13(11)14(17)19)18-8-9-3-1-4-10(16)7-9/h1-7H,8H2,(H2,17,19). The maximum Gasteiger partial charge on any atom is 0.131 e. The second-order valence-electron chi connectivity index (χ2n) is 3.90. The lowest BCUT2D eigenvalue weighted by Crippen LogP contribution is -2.12. The zero-order chi connectivity index (χ0) is 13.8. The van der Waals surface area contributed by atoms with Crippen molar-refractivity contribution in [2.24, 2.45) is 5.73 Å². The monoisotopic (exact) mass is 355 g/mol. The van der Waals surface area contributed by atoms with Crippen LogP contribution in [0.1, 0.15) is 11.1 Å². The molecule has 98 valence electrons. The van der Waals surface area contributed by atoms with Gasteiger partial charge in [0.1, 0.15) is 17.3 Å². The van der Waals surface area contributed by atoms with Crippen LogP contribution in [0.5, 0.6) is 5.75 Å². The Morgan fingerprint density at radius 2 is 2.00 bits per heavy atom. The van der Waals surface area contributed by atoms with Crippen molar-refractivity contribution in [2.75, 3.05) is 0 Å². The molecule has 2 nitrogen and oxygen atoms in total. The molecule has 0 spiro atoms. The normalized spacial score (nSPS) is 10.2. The van der Waals surface area contributed by atoms with Crippen LogP contribution in [-0.2, 0) is 6.61 Å². The van der Waals surface area contributed by atoms with Gasteiger partial charge in [0.15, 0.2) is 0 Å². The number of ether oxygens (including phenoxy) is 1. The zero-order valence-electron chi connectivity index (χ0n) is 9.90. The molecule has 2 aromatic carbocycles. The first-order valence-corrected chi connectivity index (χ1v) is 7.11. The maximum atomic E-state index is 5.93. The Morgan fingerprint density at radius 1 is 1.26 bits per heavy atom. The molecule has 0 saturated carbocycles. The van der Waals surface area contributed by atoms with E-state index in [1.54, 1.807) is 0 Å². The highest BCUT2D eigenvalue weighted by atomic mass is 79.9. The van der Waals surface area contributed by atoms with Gasteiger partial charge in [-0.2, -0.15) is 0 Å². The van der Waals surface area contributed by atoms with Crippen molar-refractivity contribution in [2.45, 2.75) is 6.61 Å². The first-order valence-electron chi connectivity index (χ1n) is 5.53. The minimum Gasteiger partial charge on any atom is -0.488 e. The second kappa shape index (κ2) is 6.37. The van der Waals surface area contributed by atoms with Gasteiger partial charge in [0.25, 0.3) is 0 Å². The first-order chi connectivity index (χ1) is 9.08. The van der Waals surface area contributed by atoms with Crippen LogP contribution in [0.15, 0.2) is 46.9 Å². The number of rotatable bonds is 4. The van der Waals surface area contributed by atoms with Crippen LogP contribution in [0.4, 0.5) is 0 Å². The molecule has 0 heterocycles. The highest BCUT2D eigenvalue weighted by Gasteiger charge is 2.10. The van der Waals surface area contributed by atoms with Gasteiger partial charge in [-0.15, -0.1) is 0 Å². The van der Waals surface area contributed by atoms with E-state index in [-0.39, 0.29) is 0 Å². The van der Waals surface area contributed by atoms with Crippen molar-refractivity contribution >= 4 is 44.7 Å². The minimum absolute atomic E-state index is 0.300. The molecule has 0 fully saturated rings. The van der Waals surface area contributed by atoms with Gasteiger partial charge in [0.05, 0.1) is 5.56 Å². The molecule has 0 amide bonds. The van der Waals surface area contributed by atoms with E-state index in [9.17, 15) is 0 Å². The van der Waals surface area contributed by atoms with Gasteiger partial charge in [0, 0.05) is 9.50 Å². The molecule has 0 unspecified atom stereocenters. The van der Waals surface area contributed by atoms with Crippen molar-refractivity contribution in [3.05, 3.63) is 63.1 Å². The summed E-state index contributed by atoms with van der Waals surface area (Å²) in [6, 6.07) is 13.1.